The normalized spacial score (nSPS) is 13.0. The Morgan fingerprint density at radius 2 is 0.791 bits per heavy atom. The van der Waals surface area contributed by atoms with Crippen molar-refractivity contribution >= 4 is 111 Å². The second kappa shape index (κ2) is 36.7. The summed E-state index contributed by atoms with van der Waals surface area (Å²) >= 11 is 19.2. The van der Waals surface area contributed by atoms with E-state index in [1.807, 2.05) is 121 Å². The molecule has 0 aliphatic carbocycles. The number of aromatic nitrogens is 7. The van der Waals surface area contributed by atoms with Gasteiger partial charge in [-0.1, -0.05) is 71.2 Å². The molecule has 4 aromatic heterocycles. The minimum atomic E-state index is -0.999. The molecule has 3 aliphatic heterocycles. The van der Waals surface area contributed by atoms with E-state index in [1.54, 1.807) is 43.5 Å². The van der Waals surface area contributed by atoms with Gasteiger partial charge in [-0.15, -0.1) is 0 Å². The summed E-state index contributed by atoms with van der Waals surface area (Å²) in [7, 11) is 2.94. The first kappa shape index (κ1) is 79.0. The highest BCUT2D eigenvalue weighted by molar-refractivity contribution is 6.31. The van der Waals surface area contributed by atoms with E-state index in [2.05, 4.69) is 45.7 Å². The van der Waals surface area contributed by atoms with Gasteiger partial charge >= 0.3 is 23.6 Å². The number of aliphatic carboxylic acids is 3. The number of methoxy groups -OCH3 is 2. The standard InChI is InChI=1S/C28H26ClN5O3.C27H29ClN4O4.C25H24ClN5O6/c29-26-23(18-25(35)36)27(34-15-3-4-16-34)32-24(31-26)17-19-5-9-21(10-6-19)30-28(37)20-7-11-22(12-8-20)33-13-1-2-14-33;1-16-12-19(13-17(2)24(16)36-3)27(35)29-20-8-6-18(7-9-20)14-22-30-25(28)21(15-23(33)34)26(31-22)32-10-4-5-11-32;1-37-20-9-6-16(13-19(20)31(35)36)25(34)27-17-7-4-15(5-8-17)12-21-28-23(26)18(14-22(32)33)24(29-21)30-10-2-3-11-30/h1-2,5-14H,3-4,15-18H2,(H,30,37)(H,35,36);6-9,12-13H,4-5,10-11,14-15H2,1-3H3,(H,29,35)(H,33,34);4-9,13H,2-3,10-12,14H2,1H3,(H,27,34)(H,32,33). The molecule has 7 heterocycles. The van der Waals surface area contributed by atoms with Gasteiger partial charge in [0.1, 0.15) is 56.1 Å². The Kier molecular flexibility index (Phi) is 26.3. The number of ether oxygens (including phenoxy) is 2. The quantitative estimate of drug-likeness (QED) is 0.0176. The van der Waals surface area contributed by atoms with Crippen LogP contribution in [0, 0.1) is 24.0 Å². The highest BCUT2D eigenvalue weighted by atomic mass is 35.5. The Hall–Kier alpha value is -12.1. The van der Waals surface area contributed by atoms with Crippen molar-refractivity contribution in [1.82, 2.24) is 34.5 Å². The highest BCUT2D eigenvalue weighted by Gasteiger charge is 2.28. The van der Waals surface area contributed by atoms with Crippen LogP contribution in [0.2, 0.25) is 15.5 Å². The van der Waals surface area contributed by atoms with Gasteiger partial charge in [0.2, 0.25) is 0 Å². The van der Waals surface area contributed by atoms with Gasteiger partial charge < -0.3 is 60.0 Å². The van der Waals surface area contributed by atoms with Gasteiger partial charge in [0.15, 0.2) is 5.75 Å². The molecule has 3 amide bonds. The van der Waals surface area contributed by atoms with E-state index in [1.165, 1.54) is 19.2 Å². The molecule has 10 aromatic rings. The summed E-state index contributed by atoms with van der Waals surface area (Å²) in [6.45, 7) is 8.67. The van der Waals surface area contributed by atoms with Crippen LogP contribution in [0.4, 0.5) is 40.2 Å². The fourth-order valence-corrected chi connectivity index (χ4v) is 13.9. The molecular weight excluding hydrogens is 1470 g/mol. The third-order valence-corrected chi connectivity index (χ3v) is 19.4. The topological polar surface area (TPSA) is 353 Å². The van der Waals surface area contributed by atoms with Gasteiger partial charge in [-0.3, -0.25) is 38.9 Å². The maximum Gasteiger partial charge on any atom is 0.311 e. The van der Waals surface area contributed by atoms with Crippen LogP contribution in [-0.4, -0.2) is 144 Å². The summed E-state index contributed by atoms with van der Waals surface area (Å²) in [6.07, 6.45) is 10.6. The van der Waals surface area contributed by atoms with E-state index in [0.29, 0.717) is 99.1 Å². The van der Waals surface area contributed by atoms with Crippen LogP contribution < -0.4 is 40.1 Å². The number of aryl methyl sites for hydroxylation is 2. The Morgan fingerprint density at radius 1 is 0.455 bits per heavy atom. The van der Waals surface area contributed by atoms with Crippen LogP contribution >= 0.6 is 34.8 Å². The Balaban J connectivity index is 0.000000164. The highest BCUT2D eigenvalue weighted by Crippen LogP contribution is 2.34. The number of nitro groups is 1. The Bertz CT molecular complexity index is 5000. The lowest BCUT2D eigenvalue weighted by molar-refractivity contribution is -0.385. The molecule has 0 radical (unpaired) electrons. The average Bonchev–Trinajstić information content (AvgIpc) is 1.40. The molecule has 3 fully saturated rings. The number of carbonyl (C=O) groups is 6. The van der Waals surface area contributed by atoms with Crippen molar-refractivity contribution in [3.63, 3.8) is 0 Å². The van der Waals surface area contributed by atoms with Crippen molar-refractivity contribution in [2.24, 2.45) is 0 Å². The number of amides is 3. The number of nitrogens with one attached hydrogen (secondary N) is 3. The molecule has 30 heteroatoms. The van der Waals surface area contributed by atoms with Crippen LogP contribution in [0.5, 0.6) is 11.5 Å². The molecule has 0 spiro atoms. The van der Waals surface area contributed by atoms with Crippen molar-refractivity contribution in [1.29, 1.82) is 0 Å². The minimum Gasteiger partial charge on any atom is -0.496 e. The molecule has 568 valence electrons. The maximum atomic E-state index is 12.8. The molecular formula is C80H79Cl3N14O13. The summed E-state index contributed by atoms with van der Waals surface area (Å²) in [4.78, 5) is 116. The molecule has 13 rings (SSSR count). The van der Waals surface area contributed by atoms with Crippen LogP contribution in [0.3, 0.4) is 0 Å². The lowest BCUT2D eigenvalue weighted by Crippen LogP contribution is -2.23. The smallest absolute Gasteiger partial charge is 0.311 e. The zero-order valence-corrected chi connectivity index (χ0v) is 62.9. The number of carbonyl (C=O) groups excluding carboxylic acids is 3. The first-order valence-corrected chi connectivity index (χ1v) is 36.6. The number of halogens is 3. The molecule has 110 heavy (non-hydrogen) atoms. The lowest BCUT2D eigenvalue weighted by atomic mass is 10.0. The number of benzene rings is 6. The van der Waals surface area contributed by atoms with Gasteiger partial charge in [-0.05, 0) is 177 Å². The van der Waals surface area contributed by atoms with E-state index in [4.69, 9.17) is 54.2 Å². The Labute approximate surface area is 648 Å². The minimum absolute atomic E-state index is 0.0668. The van der Waals surface area contributed by atoms with Gasteiger partial charge in [0, 0.05) is 133 Å². The van der Waals surface area contributed by atoms with E-state index in [0.717, 1.165) is 123 Å². The third-order valence-electron chi connectivity index (χ3n) is 18.5. The van der Waals surface area contributed by atoms with E-state index in [-0.39, 0.29) is 63.5 Å². The molecule has 0 atom stereocenters. The molecule has 3 saturated heterocycles. The predicted octanol–water partition coefficient (Wildman–Crippen LogP) is 13.9. The number of nitrogens with zero attached hydrogens (tertiary/aromatic N) is 11. The van der Waals surface area contributed by atoms with Crippen molar-refractivity contribution in [3.8, 4) is 17.2 Å². The van der Waals surface area contributed by atoms with Crippen LogP contribution in [0.1, 0.15) is 132 Å². The lowest BCUT2D eigenvalue weighted by Gasteiger charge is -2.21. The molecule has 27 nitrogen and oxygen atoms in total. The zero-order valence-electron chi connectivity index (χ0n) is 60.6. The largest absolute Gasteiger partial charge is 0.496 e. The predicted molar refractivity (Wildman–Crippen MR) is 419 cm³/mol. The molecule has 6 N–H and O–H groups in total. The Morgan fingerprint density at radius 3 is 1.12 bits per heavy atom. The van der Waals surface area contributed by atoms with Crippen LogP contribution in [0.25, 0.3) is 5.69 Å². The summed E-state index contributed by atoms with van der Waals surface area (Å²) in [5.41, 5.74) is 9.66. The van der Waals surface area contributed by atoms with E-state index >= 15 is 0 Å². The van der Waals surface area contributed by atoms with Gasteiger partial charge in [0.25, 0.3) is 17.7 Å². The monoisotopic (exact) mass is 1550 g/mol. The molecule has 0 bridgehead atoms. The number of carboxylic acid groups (broad SMARTS) is 3. The first-order valence-electron chi connectivity index (χ1n) is 35.4. The second-order valence-corrected chi connectivity index (χ2v) is 27.5. The van der Waals surface area contributed by atoms with Crippen molar-refractivity contribution < 1.29 is 58.5 Å². The van der Waals surface area contributed by atoms with E-state index < -0.39 is 28.7 Å². The average molecular weight is 1550 g/mol. The number of hydrogen-bond donors (Lipinski definition) is 6. The van der Waals surface area contributed by atoms with Crippen molar-refractivity contribution in [2.75, 3.05) is 84.1 Å². The van der Waals surface area contributed by atoms with Gasteiger partial charge in [-0.25, -0.2) is 29.9 Å². The summed E-state index contributed by atoms with van der Waals surface area (Å²) in [6, 6.07) is 40.8. The zero-order chi connectivity index (χ0) is 78.1. The number of anilines is 6. The molecule has 0 saturated carbocycles. The second-order valence-electron chi connectivity index (χ2n) is 26.4. The van der Waals surface area contributed by atoms with Crippen LogP contribution in [-0.2, 0) is 52.9 Å². The fourth-order valence-electron chi connectivity index (χ4n) is 13.1. The van der Waals surface area contributed by atoms with Gasteiger partial charge in [-0.2, -0.15) is 0 Å². The molecule has 3 aliphatic rings. The summed E-state index contributed by atoms with van der Waals surface area (Å²) < 4.78 is 12.3. The number of rotatable bonds is 25. The first-order chi connectivity index (χ1) is 52.9. The summed E-state index contributed by atoms with van der Waals surface area (Å²) in [5, 5.41) is 48.2. The third kappa shape index (κ3) is 20.6. The number of hydrogen-bond acceptors (Lipinski definition) is 19. The van der Waals surface area contributed by atoms with E-state index in [9.17, 15) is 54.2 Å². The fraction of sp³-hybridized carbons (Fsp3) is 0.275. The maximum absolute atomic E-state index is 12.8. The molecule has 0 unspecified atom stereocenters. The van der Waals surface area contributed by atoms with Crippen LogP contribution in [0.15, 0.2) is 152 Å². The molecule has 6 aromatic carbocycles. The van der Waals surface area contributed by atoms with Gasteiger partial charge in [0.05, 0.1) is 38.4 Å². The van der Waals surface area contributed by atoms with Crippen molar-refractivity contribution in [3.05, 3.63) is 256 Å². The number of nitro benzene ring substituents is 1. The number of carboxylic acids is 3. The summed E-state index contributed by atoms with van der Waals surface area (Å²) in [5.74, 6) is 0.327. The SMILES string of the molecule is COc1c(C)cc(C(=O)Nc2ccc(Cc3nc(Cl)c(CC(=O)O)c(N4CCCC4)n3)cc2)cc1C.COc1ccc(C(=O)Nc2ccc(Cc3nc(Cl)c(CC(=O)O)c(N4CCCC4)n3)cc2)cc1[N+](=O)[O-].O=C(O)Cc1c(Cl)nc(Cc2ccc(NC(=O)c3ccc(-n4cccc4)cc3)cc2)nc1N1CCCC1. The van der Waals surface area contributed by atoms with Crippen molar-refractivity contribution in [2.45, 2.75) is 90.9 Å².